The van der Waals surface area contributed by atoms with Crippen molar-refractivity contribution in [3.63, 3.8) is 0 Å². The van der Waals surface area contributed by atoms with Gasteiger partial charge in [-0.25, -0.2) is 4.39 Å². The molecule has 1 aromatic heterocycles. The highest BCUT2D eigenvalue weighted by molar-refractivity contribution is 9.10. The van der Waals surface area contributed by atoms with E-state index in [4.69, 9.17) is 11.6 Å². The average molecular weight is 350 g/mol. The lowest BCUT2D eigenvalue weighted by Gasteiger charge is -2.11. The van der Waals surface area contributed by atoms with Crippen molar-refractivity contribution in [2.24, 2.45) is 0 Å². The van der Waals surface area contributed by atoms with Crippen LogP contribution in [-0.2, 0) is 6.42 Å². The SMILES string of the molecule is Cc1ccc(F)cc1CC(O)c1cc(Br)c(Cl)s1. The Morgan fingerprint density at radius 3 is 2.78 bits per heavy atom. The third-order valence-corrected chi connectivity index (χ3v) is 5.29. The predicted octanol–water partition coefficient (Wildman–Crippen LogP) is 4.89. The summed E-state index contributed by atoms with van der Waals surface area (Å²) >= 11 is 10.6. The second kappa shape index (κ2) is 5.70. The zero-order chi connectivity index (χ0) is 13.3. The molecule has 0 aliphatic rings. The fraction of sp³-hybridized carbons (Fsp3) is 0.231. The van der Waals surface area contributed by atoms with Gasteiger partial charge in [-0.05, 0) is 52.2 Å². The maximum Gasteiger partial charge on any atom is 0.123 e. The molecule has 1 atom stereocenters. The molecule has 1 unspecified atom stereocenters. The lowest BCUT2D eigenvalue weighted by molar-refractivity contribution is 0.182. The lowest BCUT2D eigenvalue weighted by atomic mass is 10.0. The number of hydrogen-bond donors (Lipinski definition) is 1. The summed E-state index contributed by atoms with van der Waals surface area (Å²) in [7, 11) is 0. The first-order chi connectivity index (χ1) is 8.47. The zero-order valence-electron chi connectivity index (χ0n) is 9.58. The minimum Gasteiger partial charge on any atom is -0.387 e. The van der Waals surface area contributed by atoms with Gasteiger partial charge in [0, 0.05) is 15.8 Å². The van der Waals surface area contributed by atoms with Gasteiger partial charge in [0.05, 0.1) is 6.10 Å². The molecule has 1 N–H and O–H groups in total. The van der Waals surface area contributed by atoms with Crippen molar-refractivity contribution in [3.05, 3.63) is 54.9 Å². The van der Waals surface area contributed by atoms with Gasteiger partial charge in [0.25, 0.3) is 0 Å². The second-order valence-corrected chi connectivity index (χ2v) is 6.60. The van der Waals surface area contributed by atoms with Crippen molar-refractivity contribution in [1.29, 1.82) is 0 Å². The number of halogens is 3. The van der Waals surface area contributed by atoms with Gasteiger partial charge in [-0.3, -0.25) is 0 Å². The topological polar surface area (TPSA) is 20.2 Å². The first kappa shape index (κ1) is 14.0. The summed E-state index contributed by atoms with van der Waals surface area (Å²) in [5, 5.41) is 10.1. The molecule has 0 saturated heterocycles. The van der Waals surface area contributed by atoms with E-state index in [1.54, 1.807) is 12.1 Å². The number of thiophene rings is 1. The molecule has 0 fully saturated rings. The fourth-order valence-corrected chi connectivity index (χ4v) is 3.42. The monoisotopic (exact) mass is 348 g/mol. The van der Waals surface area contributed by atoms with E-state index in [0.717, 1.165) is 20.5 Å². The summed E-state index contributed by atoms with van der Waals surface area (Å²) in [6.07, 6.45) is -0.285. The number of hydrogen-bond acceptors (Lipinski definition) is 2. The molecule has 0 aliphatic carbocycles. The number of rotatable bonds is 3. The summed E-state index contributed by atoms with van der Waals surface area (Å²) in [6.45, 7) is 1.90. The molecule has 0 radical (unpaired) electrons. The normalized spacial score (nSPS) is 12.7. The third kappa shape index (κ3) is 3.12. The summed E-state index contributed by atoms with van der Waals surface area (Å²) in [5.41, 5.74) is 1.78. The number of aliphatic hydroxyl groups excluding tert-OH is 1. The number of benzene rings is 1. The van der Waals surface area contributed by atoms with Gasteiger partial charge >= 0.3 is 0 Å². The van der Waals surface area contributed by atoms with Crippen LogP contribution in [0.15, 0.2) is 28.7 Å². The minimum absolute atomic E-state index is 0.284. The van der Waals surface area contributed by atoms with E-state index in [2.05, 4.69) is 15.9 Å². The van der Waals surface area contributed by atoms with Crippen LogP contribution in [0.2, 0.25) is 4.34 Å². The Hall–Kier alpha value is -0.420. The van der Waals surface area contributed by atoms with Crippen LogP contribution in [0.4, 0.5) is 4.39 Å². The quantitative estimate of drug-likeness (QED) is 0.836. The van der Waals surface area contributed by atoms with E-state index in [1.807, 2.05) is 6.92 Å². The van der Waals surface area contributed by atoms with E-state index in [0.29, 0.717) is 10.8 Å². The van der Waals surface area contributed by atoms with Crippen molar-refractivity contribution < 1.29 is 9.50 Å². The second-order valence-electron chi connectivity index (χ2n) is 4.06. The molecule has 5 heteroatoms. The van der Waals surface area contributed by atoms with E-state index in [9.17, 15) is 9.50 Å². The van der Waals surface area contributed by atoms with E-state index in [1.165, 1.54) is 23.5 Å². The maximum atomic E-state index is 13.2. The molecule has 1 heterocycles. The molecule has 2 rings (SSSR count). The summed E-state index contributed by atoms with van der Waals surface area (Å²) in [4.78, 5) is 0.774. The molecular formula is C13H11BrClFOS. The van der Waals surface area contributed by atoms with Crippen LogP contribution in [0.3, 0.4) is 0 Å². The lowest BCUT2D eigenvalue weighted by Crippen LogP contribution is -2.01. The molecule has 0 amide bonds. The molecule has 1 nitrogen and oxygen atoms in total. The Balaban J connectivity index is 2.20. The number of aryl methyl sites for hydroxylation is 1. The van der Waals surface area contributed by atoms with Crippen molar-refractivity contribution >= 4 is 38.9 Å². The molecule has 18 heavy (non-hydrogen) atoms. The van der Waals surface area contributed by atoms with Crippen LogP contribution in [0.1, 0.15) is 22.1 Å². The first-order valence-electron chi connectivity index (χ1n) is 5.35. The molecular weight excluding hydrogens is 339 g/mol. The molecule has 0 aliphatic heterocycles. The fourth-order valence-electron chi connectivity index (χ4n) is 1.70. The zero-order valence-corrected chi connectivity index (χ0v) is 12.7. The third-order valence-electron chi connectivity index (χ3n) is 2.72. The van der Waals surface area contributed by atoms with Gasteiger partial charge in [0.15, 0.2) is 0 Å². The van der Waals surface area contributed by atoms with Crippen LogP contribution in [0.25, 0.3) is 0 Å². The average Bonchev–Trinajstić information content (AvgIpc) is 2.64. The van der Waals surface area contributed by atoms with Gasteiger partial charge in [-0.2, -0.15) is 0 Å². The molecule has 1 aromatic carbocycles. The van der Waals surface area contributed by atoms with Crippen LogP contribution < -0.4 is 0 Å². The van der Waals surface area contributed by atoms with Gasteiger partial charge in [0.2, 0.25) is 0 Å². The Morgan fingerprint density at radius 2 is 2.17 bits per heavy atom. The van der Waals surface area contributed by atoms with Crippen molar-refractivity contribution in [2.75, 3.05) is 0 Å². The van der Waals surface area contributed by atoms with Crippen LogP contribution in [0.5, 0.6) is 0 Å². The highest BCUT2D eigenvalue weighted by atomic mass is 79.9. The summed E-state index contributed by atoms with van der Waals surface area (Å²) < 4.78 is 14.5. The highest BCUT2D eigenvalue weighted by Crippen LogP contribution is 2.36. The van der Waals surface area contributed by atoms with Gasteiger partial charge in [-0.1, -0.05) is 17.7 Å². The highest BCUT2D eigenvalue weighted by Gasteiger charge is 2.15. The first-order valence-corrected chi connectivity index (χ1v) is 7.34. The molecule has 96 valence electrons. The van der Waals surface area contributed by atoms with Crippen molar-refractivity contribution in [3.8, 4) is 0 Å². The molecule has 0 spiro atoms. The summed E-state index contributed by atoms with van der Waals surface area (Å²) in [5.74, 6) is -0.284. The molecule has 2 aromatic rings. The van der Waals surface area contributed by atoms with E-state index in [-0.39, 0.29) is 5.82 Å². The number of aliphatic hydroxyl groups is 1. The molecule has 0 bridgehead atoms. The van der Waals surface area contributed by atoms with Gasteiger partial charge in [0.1, 0.15) is 10.2 Å². The summed E-state index contributed by atoms with van der Waals surface area (Å²) in [6, 6.07) is 6.40. The van der Waals surface area contributed by atoms with Gasteiger partial charge in [-0.15, -0.1) is 11.3 Å². The standard InChI is InChI=1S/C13H11BrClFOS/c1-7-2-3-9(16)4-8(7)5-11(17)12-6-10(14)13(15)18-12/h2-4,6,11,17H,5H2,1H3. The predicted molar refractivity (Wildman–Crippen MR) is 76.8 cm³/mol. The van der Waals surface area contributed by atoms with Crippen LogP contribution >= 0.6 is 38.9 Å². The Morgan fingerprint density at radius 1 is 1.44 bits per heavy atom. The smallest absolute Gasteiger partial charge is 0.123 e. The van der Waals surface area contributed by atoms with Gasteiger partial charge < -0.3 is 5.11 Å². The van der Waals surface area contributed by atoms with Crippen molar-refractivity contribution in [2.45, 2.75) is 19.4 Å². The largest absolute Gasteiger partial charge is 0.387 e. The Kier molecular flexibility index (Phi) is 4.43. The van der Waals surface area contributed by atoms with E-state index < -0.39 is 6.10 Å². The van der Waals surface area contributed by atoms with E-state index >= 15 is 0 Å². The Bertz CT molecular complexity index is 551. The maximum absolute atomic E-state index is 13.2. The van der Waals surface area contributed by atoms with Crippen LogP contribution in [0, 0.1) is 12.7 Å². The molecule has 0 saturated carbocycles. The Labute approximate surface area is 122 Å². The van der Waals surface area contributed by atoms with Crippen molar-refractivity contribution in [1.82, 2.24) is 0 Å². The van der Waals surface area contributed by atoms with Crippen LogP contribution in [-0.4, -0.2) is 5.11 Å². The minimum atomic E-state index is -0.667.